The number of hydrogen-bond acceptors (Lipinski definition) is 3. The van der Waals surface area contributed by atoms with E-state index in [2.05, 4.69) is 12.2 Å². The van der Waals surface area contributed by atoms with Crippen molar-refractivity contribution in [1.29, 1.82) is 0 Å². The Morgan fingerprint density at radius 2 is 2.13 bits per heavy atom. The van der Waals surface area contributed by atoms with Gasteiger partial charge in [0.1, 0.15) is 12.6 Å². The lowest BCUT2D eigenvalue weighted by atomic mass is 9.99. The highest BCUT2D eigenvalue weighted by Crippen LogP contribution is 2.17. The SMILES string of the molecule is CC1CCN(C(=O)C2COC(=O)N2)CC1. The van der Waals surface area contributed by atoms with E-state index in [1.807, 2.05) is 4.90 Å². The van der Waals surface area contributed by atoms with Crippen LogP contribution in [0.4, 0.5) is 4.79 Å². The zero-order valence-electron chi connectivity index (χ0n) is 8.86. The third kappa shape index (κ3) is 2.22. The molecular formula is C10H16N2O3. The van der Waals surface area contributed by atoms with Gasteiger partial charge in [-0.1, -0.05) is 6.92 Å². The number of nitrogens with zero attached hydrogens (tertiary/aromatic N) is 1. The fourth-order valence-corrected chi connectivity index (χ4v) is 1.97. The van der Waals surface area contributed by atoms with E-state index in [0.717, 1.165) is 25.9 Å². The van der Waals surface area contributed by atoms with Crippen LogP contribution in [0.5, 0.6) is 0 Å². The molecule has 0 aromatic rings. The van der Waals surface area contributed by atoms with Crippen LogP contribution in [0.2, 0.25) is 0 Å². The maximum absolute atomic E-state index is 11.9. The first-order valence-corrected chi connectivity index (χ1v) is 5.39. The summed E-state index contributed by atoms with van der Waals surface area (Å²) in [5.41, 5.74) is 0. The molecule has 2 saturated heterocycles. The maximum Gasteiger partial charge on any atom is 0.407 e. The molecule has 2 amide bonds. The highest BCUT2D eigenvalue weighted by molar-refractivity contribution is 5.87. The molecule has 2 aliphatic heterocycles. The Hall–Kier alpha value is -1.26. The third-order valence-electron chi connectivity index (χ3n) is 3.07. The van der Waals surface area contributed by atoms with Gasteiger partial charge in [0.05, 0.1) is 0 Å². The summed E-state index contributed by atoms with van der Waals surface area (Å²) < 4.78 is 4.70. The van der Waals surface area contributed by atoms with Gasteiger partial charge in [-0.2, -0.15) is 0 Å². The van der Waals surface area contributed by atoms with E-state index in [9.17, 15) is 9.59 Å². The van der Waals surface area contributed by atoms with Gasteiger partial charge in [-0.15, -0.1) is 0 Å². The molecule has 84 valence electrons. The van der Waals surface area contributed by atoms with Crippen LogP contribution < -0.4 is 5.32 Å². The lowest BCUT2D eigenvalue weighted by Gasteiger charge is -2.31. The lowest BCUT2D eigenvalue weighted by Crippen LogP contribution is -2.48. The monoisotopic (exact) mass is 212 g/mol. The molecule has 5 nitrogen and oxygen atoms in total. The summed E-state index contributed by atoms with van der Waals surface area (Å²) in [4.78, 5) is 24.5. The van der Waals surface area contributed by atoms with Crippen LogP contribution in [-0.2, 0) is 9.53 Å². The minimum absolute atomic E-state index is 0.00671. The quantitative estimate of drug-likeness (QED) is 0.682. The molecule has 15 heavy (non-hydrogen) atoms. The normalized spacial score (nSPS) is 27.4. The molecule has 1 unspecified atom stereocenters. The standard InChI is InChI=1S/C10H16N2O3/c1-7-2-4-12(5-3-7)9(13)8-6-15-10(14)11-8/h7-8H,2-6H2,1H3,(H,11,14). The molecule has 0 aromatic carbocycles. The largest absolute Gasteiger partial charge is 0.447 e. The second-order valence-corrected chi connectivity index (χ2v) is 4.30. The van der Waals surface area contributed by atoms with Crippen molar-refractivity contribution in [3.8, 4) is 0 Å². The molecule has 0 spiro atoms. The summed E-state index contributed by atoms with van der Waals surface area (Å²) in [6.45, 7) is 3.96. The molecule has 0 saturated carbocycles. The van der Waals surface area contributed by atoms with Crippen molar-refractivity contribution in [3.63, 3.8) is 0 Å². The fourth-order valence-electron chi connectivity index (χ4n) is 1.97. The van der Waals surface area contributed by atoms with Gasteiger partial charge in [0.25, 0.3) is 0 Å². The van der Waals surface area contributed by atoms with Crippen molar-refractivity contribution in [3.05, 3.63) is 0 Å². The molecule has 0 radical (unpaired) electrons. The number of ether oxygens (including phenoxy) is 1. The molecule has 2 rings (SSSR count). The highest BCUT2D eigenvalue weighted by atomic mass is 16.6. The predicted molar refractivity (Wildman–Crippen MR) is 53.2 cm³/mol. The molecule has 5 heteroatoms. The lowest BCUT2D eigenvalue weighted by molar-refractivity contribution is -0.134. The van der Waals surface area contributed by atoms with Crippen molar-refractivity contribution in [1.82, 2.24) is 10.2 Å². The molecule has 0 bridgehead atoms. The van der Waals surface area contributed by atoms with Crippen molar-refractivity contribution in [2.45, 2.75) is 25.8 Å². The number of piperidine rings is 1. The number of carbonyl (C=O) groups is 2. The first kappa shape index (κ1) is 10.3. The van der Waals surface area contributed by atoms with Crippen molar-refractivity contribution in [2.75, 3.05) is 19.7 Å². The molecule has 2 heterocycles. The maximum atomic E-state index is 11.9. The smallest absolute Gasteiger partial charge is 0.407 e. The Labute approximate surface area is 88.8 Å². The number of amides is 2. The fraction of sp³-hybridized carbons (Fsp3) is 0.800. The van der Waals surface area contributed by atoms with Gasteiger partial charge in [0.15, 0.2) is 0 Å². The van der Waals surface area contributed by atoms with E-state index in [1.165, 1.54) is 0 Å². The van der Waals surface area contributed by atoms with Gasteiger partial charge < -0.3 is 15.0 Å². The Morgan fingerprint density at radius 1 is 1.47 bits per heavy atom. The van der Waals surface area contributed by atoms with Gasteiger partial charge in [0, 0.05) is 13.1 Å². The van der Waals surface area contributed by atoms with E-state index >= 15 is 0 Å². The molecular weight excluding hydrogens is 196 g/mol. The van der Waals surface area contributed by atoms with Crippen LogP contribution in [0.25, 0.3) is 0 Å². The zero-order valence-corrected chi connectivity index (χ0v) is 8.86. The Bertz CT molecular complexity index is 272. The average Bonchev–Trinajstić information content (AvgIpc) is 2.65. The van der Waals surface area contributed by atoms with Crippen molar-refractivity contribution in [2.24, 2.45) is 5.92 Å². The van der Waals surface area contributed by atoms with Crippen LogP contribution in [0, 0.1) is 5.92 Å². The van der Waals surface area contributed by atoms with Gasteiger partial charge in [-0.05, 0) is 18.8 Å². The zero-order chi connectivity index (χ0) is 10.8. The topological polar surface area (TPSA) is 58.6 Å². The third-order valence-corrected chi connectivity index (χ3v) is 3.07. The molecule has 0 aromatic heterocycles. The number of nitrogens with one attached hydrogen (secondary N) is 1. The van der Waals surface area contributed by atoms with Crippen LogP contribution in [0.15, 0.2) is 0 Å². The van der Waals surface area contributed by atoms with E-state index in [4.69, 9.17) is 4.74 Å². The summed E-state index contributed by atoms with van der Waals surface area (Å²) in [7, 11) is 0. The number of hydrogen-bond donors (Lipinski definition) is 1. The molecule has 1 atom stereocenters. The molecule has 2 fully saturated rings. The molecule has 1 N–H and O–H groups in total. The second-order valence-electron chi connectivity index (χ2n) is 4.30. The number of alkyl carbamates (subject to hydrolysis) is 1. The van der Waals surface area contributed by atoms with E-state index in [1.54, 1.807) is 0 Å². The van der Waals surface area contributed by atoms with Gasteiger partial charge in [-0.3, -0.25) is 4.79 Å². The second kappa shape index (κ2) is 4.08. The number of likely N-dealkylation sites (tertiary alicyclic amines) is 1. The van der Waals surface area contributed by atoms with Crippen LogP contribution >= 0.6 is 0 Å². The molecule has 2 aliphatic rings. The minimum Gasteiger partial charge on any atom is -0.447 e. The number of carbonyl (C=O) groups excluding carboxylic acids is 2. The Balaban J connectivity index is 1.88. The van der Waals surface area contributed by atoms with Gasteiger partial charge in [0.2, 0.25) is 5.91 Å². The first-order chi connectivity index (χ1) is 7.16. The average molecular weight is 212 g/mol. The van der Waals surface area contributed by atoms with Gasteiger partial charge >= 0.3 is 6.09 Å². The number of rotatable bonds is 1. The minimum atomic E-state index is -0.487. The van der Waals surface area contributed by atoms with E-state index in [-0.39, 0.29) is 12.5 Å². The highest BCUT2D eigenvalue weighted by Gasteiger charge is 2.33. The Morgan fingerprint density at radius 3 is 2.67 bits per heavy atom. The van der Waals surface area contributed by atoms with Crippen molar-refractivity contribution >= 4 is 12.0 Å². The molecule has 0 aliphatic carbocycles. The van der Waals surface area contributed by atoms with Crippen LogP contribution in [0.1, 0.15) is 19.8 Å². The van der Waals surface area contributed by atoms with E-state index < -0.39 is 12.1 Å². The summed E-state index contributed by atoms with van der Waals surface area (Å²) in [6, 6.07) is -0.467. The van der Waals surface area contributed by atoms with Gasteiger partial charge in [-0.25, -0.2) is 4.79 Å². The van der Waals surface area contributed by atoms with Crippen LogP contribution in [-0.4, -0.2) is 42.6 Å². The summed E-state index contributed by atoms with van der Waals surface area (Å²) in [5, 5.41) is 2.51. The first-order valence-electron chi connectivity index (χ1n) is 5.39. The predicted octanol–water partition coefficient (Wildman–Crippen LogP) is 0.353. The Kier molecular flexibility index (Phi) is 2.79. The summed E-state index contributed by atoms with van der Waals surface area (Å²) >= 11 is 0. The summed E-state index contributed by atoms with van der Waals surface area (Å²) in [5.74, 6) is 0.691. The number of cyclic esters (lactones) is 1. The van der Waals surface area contributed by atoms with Crippen molar-refractivity contribution < 1.29 is 14.3 Å². The van der Waals surface area contributed by atoms with E-state index in [0.29, 0.717) is 5.92 Å². The van der Waals surface area contributed by atoms with Crippen LogP contribution in [0.3, 0.4) is 0 Å². The summed E-state index contributed by atoms with van der Waals surface area (Å²) in [6.07, 6.45) is 1.61.